The van der Waals surface area contributed by atoms with Gasteiger partial charge in [0.05, 0.1) is 18.2 Å². The number of benzene rings is 1. The predicted molar refractivity (Wildman–Crippen MR) is 153 cm³/mol. The molecule has 0 bridgehead atoms. The standard InChI is InChI=1S/C30H33F7N8O/c1-15-12-43(26-24-27(45-14-38-41-28(45)40-26)44(17(3)39-24)13-19-5-4-6-46-19)16(2)11-42(15)25(18-9-29(33,34)10-18)20-7-23(32)21(8-22(20)31)30(35,36)37/h7-8,14-16,18-19,25H,4-6,9-13H2,1-3H3/t15-,16+,19?,25?/m1/s1. The molecule has 1 aromatic carbocycles. The molecule has 0 N–H and O–H groups in total. The first-order chi connectivity index (χ1) is 21.7. The lowest BCUT2D eigenvalue weighted by Crippen LogP contribution is -2.60. The number of fused-ring (bicyclic) bond motifs is 3. The molecule has 3 fully saturated rings. The van der Waals surface area contributed by atoms with E-state index < -0.39 is 60.1 Å². The number of hydrogen-bond donors (Lipinski definition) is 0. The Morgan fingerprint density at radius 1 is 1.04 bits per heavy atom. The Hall–Kier alpha value is -3.53. The molecule has 2 unspecified atom stereocenters. The summed E-state index contributed by atoms with van der Waals surface area (Å²) in [6.45, 7) is 7.43. The normalized spacial score (nSPS) is 25.1. The van der Waals surface area contributed by atoms with E-state index in [9.17, 15) is 26.3 Å². The zero-order valence-corrected chi connectivity index (χ0v) is 25.4. The molecule has 4 atom stereocenters. The Labute approximate surface area is 259 Å². The largest absolute Gasteiger partial charge is 0.419 e. The summed E-state index contributed by atoms with van der Waals surface area (Å²) in [6.07, 6.45) is -2.74. The van der Waals surface area contributed by atoms with Gasteiger partial charge in [-0.25, -0.2) is 26.9 Å². The Kier molecular flexibility index (Phi) is 7.45. The Bertz CT molecular complexity index is 1770. The van der Waals surface area contributed by atoms with Crippen molar-refractivity contribution >= 4 is 22.8 Å². The summed E-state index contributed by atoms with van der Waals surface area (Å²) in [5, 5.41) is 8.26. The highest BCUT2D eigenvalue weighted by Gasteiger charge is 2.52. The number of aromatic nitrogens is 6. The summed E-state index contributed by atoms with van der Waals surface area (Å²) >= 11 is 0. The summed E-state index contributed by atoms with van der Waals surface area (Å²) in [7, 11) is 0. The van der Waals surface area contributed by atoms with E-state index in [2.05, 4.69) is 14.8 Å². The molecule has 0 radical (unpaired) electrons. The second-order valence-corrected chi connectivity index (χ2v) is 12.9. The first kappa shape index (κ1) is 31.1. The highest BCUT2D eigenvalue weighted by atomic mass is 19.4. The van der Waals surface area contributed by atoms with Crippen LogP contribution in [0.3, 0.4) is 0 Å². The van der Waals surface area contributed by atoms with Crippen LogP contribution in [0.5, 0.6) is 0 Å². The molecule has 7 rings (SSSR count). The number of aryl methyl sites for hydroxylation is 1. The van der Waals surface area contributed by atoms with Crippen LogP contribution in [0.15, 0.2) is 18.5 Å². The van der Waals surface area contributed by atoms with E-state index in [1.54, 1.807) is 15.6 Å². The maximum atomic E-state index is 15.4. The van der Waals surface area contributed by atoms with Gasteiger partial charge in [-0.05, 0) is 51.7 Å². The number of rotatable bonds is 6. The number of nitrogens with zero attached hydrogens (tertiary/aromatic N) is 8. The average molecular weight is 655 g/mol. The summed E-state index contributed by atoms with van der Waals surface area (Å²) in [5.41, 5.74) is -0.725. The van der Waals surface area contributed by atoms with E-state index in [0.29, 0.717) is 42.9 Å². The number of imidazole rings is 1. The van der Waals surface area contributed by atoms with Crippen molar-refractivity contribution in [3.05, 3.63) is 47.0 Å². The van der Waals surface area contributed by atoms with Gasteiger partial charge >= 0.3 is 6.18 Å². The second-order valence-electron chi connectivity index (χ2n) is 12.9. The smallest absolute Gasteiger partial charge is 0.376 e. The molecule has 9 nitrogen and oxygen atoms in total. The maximum absolute atomic E-state index is 15.4. The number of piperazine rings is 1. The zero-order chi connectivity index (χ0) is 32.7. The molecule has 46 heavy (non-hydrogen) atoms. The second kappa shape index (κ2) is 11.0. The van der Waals surface area contributed by atoms with Crippen LogP contribution in [-0.4, -0.2) is 77.8 Å². The van der Waals surface area contributed by atoms with Crippen LogP contribution in [0.2, 0.25) is 0 Å². The van der Waals surface area contributed by atoms with E-state index in [1.807, 2.05) is 25.7 Å². The number of halogens is 7. The molecule has 1 saturated carbocycles. The minimum Gasteiger partial charge on any atom is -0.376 e. The topological polar surface area (TPSA) is 76.6 Å². The Balaban J connectivity index is 1.25. The summed E-state index contributed by atoms with van der Waals surface area (Å²) in [4.78, 5) is 13.5. The van der Waals surface area contributed by atoms with Gasteiger partial charge in [0.25, 0.3) is 5.78 Å². The lowest BCUT2D eigenvalue weighted by Gasteiger charge is -2.52. The summed E-state index contributed by atoms with van der Waals surface area (Å²) in [6, 6.07) is -1.15. The first-order valence-corrected chi connectivity index (χ1v) is 15.4. The summed E-state index contributed by atoms with van der Waals surface area (Å²) < 4.78 is 108. The van der Waals surface area contributed by atoms with Crippen molar-refractivity contribution in [1.29, 1.82) is 0 Å². The molecule has 0 spiro atoms. The van der Waals surface area contributed by atoms with Crippen LogP contribution >= 0.6 is 0 Å². The van der Waals surface area contributed by atoms with Crippen molar-refractivity contribution in [2.45, 2.75) is 89.3 Å². The fraction of sp³-hybridized carbons (Fsp3) is 0.600. The molecule has 1 aliphatic carbocycles. The van der Waals surface area contributed by atoms with Crippen molar-refractivity contribution < 1.29 is 35.5 Å². The fourth-order valence-electron chi connectivity index (χ4n) is 7.44. The minimum absolute atomic E-state index is 0.0352. The zero-order valence-electron chi connectivity index (χ0n) is 25.4. The molecule has 4 aromatic rings. The van der Waals surface area contributed by atoms with Gasteiger partial charge in [-0.1, -0.05) is 0 Å². The van der Waals surface area contributed by atoms with Crippen molar-refractivity contribution in [2.24, 2.45) is 5.92 Å². The lowest BCUT2D eigenvalue weighted by atomic mass is 9.72. The van der Waals surface area contributed by atoms with E-state index in [1.165, 1.54) is 0 Å². The Morgan fingerprint density at radius 2 is 1.80 bits per heavy atom. The van der Waals surface area contributed by atoms with Gasteiger partial charge in [0.1, 0.15) is 29.3 Å². The molecular weight excluding hydrogens is 621 g/mol. The van der Waals surface area contributed by atoms with E-state index in [0.717, 1.165) is 24.3 Å². The monoisotopic (exact) mass is 654 g/mol. The van der Waals surface area contributed by atoms with Gasteiger partial charge in [0, 0.05) is 56.2 Å². The molecular formula is C30H33F7N8O. The SMILES string of the molecule is Cc1nc2c(N3C[C@@H](C)N(C(c4cc(F)c(C(F)(F)F)cc4F)C4CC(F)(F)C4)C[C@@H]3C)nc3nncn3c2n1CC1CCCO1. The molecule has 0 amide bonds. The summed E-state index contributed by atoms with van der Waals surface area (Å²) in [5.74, 6) is -5.03. The maximum Gasteiger partial charge on any atom is 0.419 e. The highest BCUT2D eigenvalue weighted by molar-refractivity contribution is 5.87. The molecule has 16 heteroatoms. The molecule has 2 aliphatic heterocycles. The van der Waals surface area contributed by atoms with Crippen molar-refractivity contribution in [3.63, 3.8) is 0 Å². The molecule has 3 aromatic heterocycles. The predicted octanol–water partition coefficient (Wildman–Crippen LogP) is 5.94. The van der Waals surface area contributed by atoms with E-state index in [-0.39, 0.29) is 30.3 Å². The average Bonchev–Trinajstić information content (AvgIpc) is 3.71. The van der Waals surface area contributed by atoms with E-state index >= 15 is 4.39 Å². The molecule has 3 aliphatic rings. The van der Waals surface area contributed by atoms with Gasteiger partial charge in [-0.3, -0.25) is 4.90 Å². The van der Waals surface area contributed by atoms with Crippen LogP contribution < -0.4 is 4.90 Å². The third kappa shape index (κ3) is 5.26. The minimum atomic E-state index is -5.10. The third-order valence-corrected chi connectivity index (χ3v) is 9.66. The van der Waals surface area contributed by atoms with Gasteiger partial charge in [-0.2, -0.15) is 18.2 Å². The van der Waals surface area contributed by atoms with Gasteiger partial charge < -0.3 is 14.2 Å². The number of ether oxygens (including phenoxy) is 1. The Morgan fingerprint density at radius 3 is 2.48 bits per heavy atom. The molecule has 5 heterocycles. The van der Waals surface area contributed by atoms with Crippen LogP contribution in [-0.2, 0) is 17.5 Å². The molecule has 2 saturated heterocycles. The molecule has 248 valence electrons. The first-order valence-electron chi connectivity index (χ1n) is 15.4. The lowest BCUT2D eigenvalue weighted by molar-refractivity contribution is -0.140. The van der Waals surface area contributed by atoms with Crippen LogP contribution in [0.25, 0.3) is 16.9 Å². The highest BCUT2D eigenvalue weighted by Crippen LogP contribution is 2.52. The van der Waals surface area contributed by atoms with Gasteiger partial charge in [-0.15, -0.1) is 10.2 Å². The van der Waals surface area contributed by atoms with Crippen molar-refractivity contribution in [1.82, 2.24) is 34.0 Å². The fourth-order valence-corrected chi connectivity index (χ4v) is 7.44. The van der Waals surface area contributed by atoms with Crippen LogP contribution in [0.4, 0.5) is 36.6 Å². The van der Waals surface area contributed by atoms with Gasteiger partial charge in [0.15, 0.2) is 11.5 Å². The number of alkyl halides is 5. The number of hydrogen-bond acceptors (Lipinski definition) is 7. The van der Waals surface area contributed by atoms with Crippen LogP contribution in [0, 0.1) is 24.5 Å². The quantitative estimate of drug-likeness (QED) is 0.238. The van der Waals surface area contributed by atoms with Crippen LogP contribution in [0.1, 0.15) is 62.5 Å². The van der Waals surface area contributed by atoms with Crippen molar-refractivity contribution in [2.75, 3.05) is 24.6 Å². The number of anilines is 1. The van der Waals surface area contributed by atoms with E-state index in [4.69, 9.17) is 14.7 Å². The van der Waals surface area contributed by atoms with Gasteiger partial charge in [0.2, 0.25) is 5.92 Å². The van der Waals surface area contributed by atoms with Crippen molar-refractivity contribution in [3.8, 4) is 0 Å². The third-order valence-electron chi connectivity index (χ3n) is 9.66.